The lowest BCUT2D eigenvalue weighted by Gasteiger charge is -2.26. The van der Waals surface area contributed by atoms with E-state index in [1.165, 1.54) is 11.1 Å². The molecule has 0 N–H and O–H groups in total. The molecule has 142 valence electrons. The average Bonchev–Trinajstić information content (AvgIpc) is 2.55. The molecule has 0 radical (unpaired) electrons. The fraction of sp³-hybridized carbons (Fsp3) is 0.652. The topological polar surface area (TPSA) is 18.5 Å². The molecular formula is C23H38O2. The Bertz CT molecular complexity index is 499. The van der Waals surface area contributed by atoms with Crippen LogP contribution in [0.25, 0.3) is 5.57 Å². The maximum absolute atomic E-state index is 6.26. The van der Waals surface area contributed by atoms with E-state index in [0.29, 0.717) is 11.8 Å². The van der Waals surface area contributed by atoms with Gasteiger partial charge in [0.15, 0.2) is 6.29 Å². The summed E-state index contributed by atoms with van der Waals surface area (Å²) in [4.78, 5) is 0. The van der Waals surface area contributed by atoms with E-state index in [0.717, 1.165) is 31.4 Å². The van der Waals surface area contributed by atoms with Crippen LogP contribution in [0.2, 0.25) is 0 Å². The first-order valence-corrected chi connectivity index (χ1v) is 9.99. The second-order valence-corrected chi connectivity index (χ2v) is 7.56. The van der Waals surface area contributed by atoms with Gasteiger partial charge in [0, 0.05) is 6.42 Å². The highest BCUT2D eigenvalue weighted by atomic mass is 16.7. The molecule has 0 aliphatic carbocycles. The van der Waals surface area contributed by atoms with Gasteiger partial charge in [-0.25, -0.2) is 0 Å². The van der Waals surface area contributed by atoms with Crippen LogP contribution in [0.1, 0.15) is 79.7 Å². The molecule has 25 heavy (non-hydrogen) atoms. The molecule has 0 bridgehead atoms. The Morgan fingerprint density at radius 2 is 1.68 bits per heavy atom. The normalized spacial score (nSPS) is 14.8. The second kappa shape index (κ2) is 11.4. The van der Waals surface area contributed by atoms with Gasteiger partial charge >= 0.3 is 0 Å². The summed E-state index contributed by atoms with van der Waals surface area (Å²) < 4.78 is 12.4. The molecule has 1 aromatic rings. The van der Waals surface area contributed by atoms with E-state index in [4.69, 9.17) is 9.47 Å². The van der Waals surface area contributed by atoms with E-state index in [1.807, 2.05) is 0 Å². The Balaban J connectivity index is 2.82. The highest BCUT2D eigenvalue weighted by molar-refractivity contribution is 5.67. The number of benzene rings is 1. The van der Waals surface area contributed by atoms with Gasteiger partial charge in [0.2, 0.25) is 0 Å². The van der Waals surface area contributed by atoms with Crippen LogP contribution in [0, 0.1) is 11.8 Å². The first kappa shape index (κ1) is 21.8. The molecule has 2 atom stereocenters. The van der Waals surface area contributed by atoms with E-state index >= 15 is 0 Å². The molecule has 0 aliphatic rings. The SMILES string of the molecule is CC=C(c1ccc(OC(CC(C)C)OC(CC)CCC)cc1)C(C)C. The van der Waals surface area contributed by atoms with Gasteiger partial charge < -0.3 is 9.47 Å². The summed E-state index contributed by atoms with van der Waals surface area (Å²) >= 11 is 0. The Kier molecular flexibility index (Phi) is 9.89. The minimum absolute atomic E-state index is 0.173. The molecule has 0 saturated carbocycles. The molecule has 0 amide bonds. The number of hydrogen-bond donors (Lipinski definition) is 0. The van der Waals surface area contributed by atoms with Crippen molar-refractivity contribution in [3.05, 3.63) is 35.9 Å². The van der Waals surface area contributed by atoms with Gasteiger partial charge in [-0.15, -0.1) is 0 Å². The molecular weight excluding hydrogens is 308 g/mol. The molecule has 2 nitrogen and oxygen atoms in total. The Morgan fingerprint density at radius 3 is 2.12 bits per heavy atom. The van der Waals surface area contributed by atoms with E-state index in [9.17, 15) is 0 Å². The first-order valence-electron chi connectivity index (χ1n) is 9.99. The van der Waals surface area contributed by atoms with Crippen LogP contribution in [0.5, 0.6) is 5.75 Å². The molecule has 0 aliphatic heterocycles. The van der Waals surface area contributed by atoms with Gasteiger partial charge in [-0.1, -0.05) is 66.2 Å². The summed E-state index contributed by atoms with van der Waals surface area (Å²) in [6.45, 7) is 15.4. The van der Waals surface area contributed by atoms with E-state index in [2.05, 4.69) is 78.8 Å². The minimum atomic E-state index is -0.173. The maximum Gasteiger partial charge on any atom is 0.200 e. The molecule has 1 aromatic carbocycles. The zero-order chi connectivity index (χ0) is 18.8. The monoisotopic (exact) mass is 346 g/mol. The number of allylic oxidation sites excluding steroid dienone is 2. The van der Waals surface area contributed by atoms with Crippen LogP contribution in [0.15, 0.2) is 30.3 Å². The Morgan fingerprint density at radius 1 is 1.04 bits per heavy atom. The smallest absolute Gasteiger partial charge is 0.200 e. The van der Waals surface area contributed by atoms with Crippen molar-refractivity contribution in [1.82, 2.24) is 0 Å². The predicted octanol–water partition coefficient (Wildman–Crippen LogP) is 7.09. The van der Waals surface area contributed by atoms with Gasteiger partial charge in [-0.3, -0.25) is 0 Å². The molecule has 0 spiro atoms. The van der Waals surface area contributed by atoms with Crippen LogP contribution in [-0.4, -0.2) is 12.4 Å². The van der Waals surface area contributed by atoms with Crippen LogP contribution in [0.3, 0.4) is 0 Å². The fourth-order valence-electron chi connectivity index (χ4n) is 3.13. The van der Waals surface area contributed by atoms with E-state index < -0.39 is 0 Å². The van der Waals surface area contributed by atoms with Gasteiger partial charge in [-0.05, 0) is 54.9 Å². The summed E-state index contributed by atoms with van der Waals surface area (Å²) in [5.74, 6) is 1.95. The van der Waals surface area contributed by atoms with Crippen LogP contribution >= 0.6 is 0 Å². The minimum Gasteiger partial charge on any atom is -0.465 e. The standard InChI is InChI=1S/C23H38O2/c1-8-11-20(9-2)24-23(16-17(4)5)25-21-14-12-19(13-15-21)22(10-3)18(6)7/h10,12-15,17-18,20,23H,8-9,11,16H2,1-7H3. The maximum atomic E-state index is 6.26. The third kappa shape index (κ3) is 7.64. The van der Waals surface area contributed by atoms with Crippen molar-refractivity contribution in [3.63, 3.8) is 0 Å². The second-order valence-electron chi connectivity index (χ2n) is 7.56. The van der Waals surface area contributed by atoms with Crippen molar-refractivity contribution < 1.29 is 9.47 Å². The number of rotatable bonds is 11. The number of hydrogen-bond acceptors (Lipinski definition) is 2. The third-order valence-corrected chi connectivity index (χ3v) is 4.46. The van der Waals surface area contributed by atoms with E-state index in [-0.39, 0.29) is 12.4 Å². The van der Waals surface area contributed by atoms with Crippen molar-refractivity contribution >= 4 is 5.57 Å². The molecule has 0 heterocycles. The summed E-state index contributed by atoms with van der Waals surface area (Å²) in [6.07, 6.45) is 6.48. The Labute approximate surface area is 155 Å². The molecule has 0 fully saturated rings. The number of ether oxygens (including phenoxy) is 2. The predicted molar refractivity (Wildman–Crippen MR) is 109 cm³/mol. The Hall–Kier alpha value is -1.28. The lowest BCUT2D eigenvalue weighted by atomic mass is 9.95. The molecule has 2 heteroatoms. The summed E-state index contributed by atoms with van der Waals surface area (Å²) in [5, 5.41) is 0. The van der Waals surface area contributed by atoms with Crippen LogP contribution in [-0.2, 0) is 4.74 Å². The van der Waals surface area contributed by atoms with Crippen molar-refractivity contribution in [2.45, 2.75) is 86.5 Å². The molecule has 1 rings (SSSR count). The van der Waals surface area contributed by atoms with Crippen molar-refractivity contribution in [2.24, 2.45) is 11.8 Å². The quantitative estimate of drug-likeness (QED) is 0.398. The van der Waals surface area contributed by atoms with Gasteiger partial charge in [0.25, 0.3) is 0 Å². The highest BCUT2D eigenvalue weighted by Crippen LogP contribution is 2.26. The fourth-order valence-corrected chi connectivity index (χ4v) is 3.13. The highest BCUT2D eigenvalue weighted by Gasteiger charge is 2.18. The van der Waals surface area contributed by atoms with Crippen LogP contribution in [0.4, 0.5) is 0 Å². The van der Waals surface area contributed by atoms with Gasteiger partial charge in [-0.2, -0.15) is 0 Å². The zero-order valence-corrected chi connectivity index (χ0v) is 17.3. The average molecular weight is 347 g/mol. The summed E-state index contributed by atoms with van der Waals surface area (Å²) in [7, 11) is 0. The first-order chi connectivity index (χ1) is 11.9. The van der Waals surface area contributed by atoms with Gasteiger partial charge in [0.1, 0.15) is 5.75 Å². The van der Waals surface area contributed by atoms with Crippen molar-refractivity contribution in [3.8, 4) is 5.75 Å². The lowest BCUT2D eigenvalue weighted by molar-refractivity contribution is -0.130. The molecule has 2 unspecified atom stereocenters. The summed E-state index contributed by atoms with van der Waals surface area (Å²) in [5.41, 5.74) is 2.64. The third-order valence-electron chi connectivity index (χ3n) is 4.46. The lowest BCUT2D eigenvalue weighted by Crippen LogP contribution is -2.28. The van der Waals surface area contributed by atoms with Crippen molar-refractivity contribution in [2.75, 3.05) is 0 Å². The largest absolute Gasteiger partial charge is 0.465 e. The zero-order valence-electron chi connectivity index (χ0n) is 17.3. The van der Waals surface area contributed by atoms with E-state index in [1.54, 1.807) is 0 Å². The van der Waals surface area contributed by atoms with Crippen LogP contribution < -0.4 is 4.74 Å². The van der Waals surface area contributed by atoms with Gasteiger partial charge in [0.05, 0.1) is 6.10 Å². The summed E-state index contributed by atoms with van der Waals surface area (Å²) in [6, 6.07) is 8.44. The molecule has 0 aromatic heterocycles. The van der Waals surface area contributed by atoms with Crippen molar-refractivity contribution in [1.29, 1.82) is 0 Å². The molecule has 0 saturated heterocycles.